The van der Waals surface area contributed by atoms with E-state index in [0.717, 1.165) is 13.1 Å². The highest BCUT2D eigenvalue weighted by molar-refractivity contribution is 4.43. The lowest BCUT2D eigenvalue weighted by Crippen LogP contribution is -2.21. The van der Waals surface area contributed by atoms with Gasteiger partial charge in [-0.3, -0.25) is 0 Å². The fraction of sp³-hybridized carbons (Fsp3) is 1.00. The molecule has 0 atom stereocenters. The Hall–Kier alpha value is -0.120. The molecule has 0 aliphatic rings. The van der Waals surface area contributed by atoms with Gasteiger partial charge in [0.25, 0.3) is 0 Å². The second-order valence-corrected chi connectivity index (χ2v) is 3.82. The smallest absolute Gasteiger partial charge is 0.00179 e. The summed E-state index contributed by atoms with van der Waals surface area (Å²) in [7, 11) is 0. The molecule has 0 saturated carbocycles. The van der Waals surface area contributed by atoms with E-state index in [1.54, 1.807) is 0 Å². The van der Waals surface area contributed by atoms with Gasteiger partial charge < -0.3 is 16.0 Å². The number of nitrogens with one attached hydrogen (secondary N) is 1. The largest absolute Gasteiger partial charge is 0.328 e. The van der Waals surface area contributed by atoms with Gasteiger partial charge in [0.05, 0.1) is 0 Å². The molecule has 0 spiro atoms. The topological polar surface area (TPSA) is 41.3 Å². The number of hydrogen-bond acceptors (Lipinski definition) is 3. The van der Waals surface area contributed by atoms with E-state index in [1.807, 2.05) is 13.8 Å². The van der Waals surface area contributed by atoms with Crippen LogP contribution in [-0.2, 0) is 0 Å². The van der Waals surface area contributed by atoms with Gasteiger partial charge in [0.15, 0.2) is 0 Å². The first kappa shape index (κ1) is 21.2. The summed E-state index contributed by atoms with van der Waals surface area (Å²) in [4.78, 5) is 2.38. The predicted octanol–water partition coefficient (Wildman–Crippen LogP) is 2.32. The molecule has 0 fully saturated rings. The van der Waals surface area contributed by atoms with Crippen LogP contribution in [0.15, 0.2) is 0 Å². The Bertz CT molecular complexity index is 80.9. The SMILES string of the molecule is CC(C)N.CCN(CC)CC.CCNCC. The fourth-order valence-electron chi connectivity index (χ4n) is 0.921. The van der Waals surface area contributed by atoms with Gasteiger partial charge >= 0.3 is 0 Å². The maximum absolute atomic E-state index is 5.11. The first-order chi connectivity index (χ1) is 7.49. The molecule has 0 bridgehead atoms. The number of nitrogens with zero attached hydrogens (tertiary/aromatic N) is 1. The molecule has 0 aromatic carbocycles. The Morgan fingerprint density at radius 2 is 1.12 bits per heavy atom. The Morgan fingerprint density at radius 1 is 0.875 bits per heavy atom. The molecule has 3 heteroatoms. The molecule has 0 radical (unpaired) electrons. The summed E-state index contributed by atoms with van der Waals surface area (Å²) in [6.07, 6.45) is 0. The Kier molecular flexibility index (Phi) is 26.9. The number of hydrogen-bond donors (Lipinski definition) is 2. The Morgan fingerprint density at radius 3 is 1.12 bits per heavy atom. The molecule has 0 aromatic rings. The first-order valence-electron chi connectivity index (χ1n) is 6.68. The van der Waals surface area contributed by atoms with Crippen LogP contribution in [0.4, 0.5) is 0 Å². The van der Waals surface area contributed by atoms with E-state index in [2.05, 4.69) is 44.8 Å². The molecule has 0 rings (SSSR count). The molecule has 0 aliphatic heterocycles. The first-order valence-corrected chi connectivity index (χ1v) is 6.68. The van der Waals surface area contributed by atoms with E-state index >= 15 is 0 Å². The Balaban J connectivity index is -0.000000166. The van der Waals surface area contributed by atoms with Gasteiger partial charge in [0.1, 0.15) is 0 Å². The molecule has 0 saturated heterocycles. The van der Waals surface area contributed by atoms with Crippen LogP contribution in [0.2, 0.25) is 0 Å². The monoisotopic (exact) mass is 233 g/mol. The van der Waals surface area contributed by atoms with Gasteiger partial charge in [-0.05, 0) is 38.8 Å². The molecule has 16 heavy (non-hydrogen) atoms. The summed E-state index contributed by atoms with van der Waals surface area (Å²) in [5.41, 5.74) is 5.11. The predicted molar refractivity (Wildman–Crippen MR) is 77.0 cm³/mol. The molecule has 0 heterocycles. The third-order valence-corrected chi connectivity index (χ3v) is 1.84. The van der Waals surface area contributed by atoms with Gasteiger partial charge in [-0.1, -0.05) is 48.5 Å². The van der Waals surface area contributed by atoms with Crippen LogP contribution in [-0.4, -0.2) is 43.7 Å². The minimum absolute atomic E-state index is 0.333. The minimum atomic E-state index is 0.333. The summed E-state index contributed by atoms with van der Waals surface area (Å²) in [5.74, 6) is 0. The van der Waals surface area contributed by atoms with Crippen molar-refractivity contribution >= 4 is 0 Å². The highest BCUT2D eigenvalue weighted by Gasteiger charge is 1.89. The van der Waals surface area contributed by atoms with E-state index in [9.17, 15) is 0 Å². The zero-order chi connectivity index (χ0) is 13.4. The third kappa shape index (κ3) is 37.1. The molecule has 0 aromatic heterocycles. The van der Waals surface area contributed by atoms with Crippen molar-refractivity contribution in [1.82, 2.24) is 10.2 Å². The van der Waals surface area contributed by atoms with Gasteiger partial charge in [-0.25, -0.2) is 0 Å². The van der Waals surface area contributed by atoms with Crippen molar-refractivity contribution in [2.24, 2.45) is 5.73 Å². The van der Waals surface area contributed by atoms with Crippen LogP contribution in [0.1, 0.15) is 48.5 Å². The van der Waals surface area contributed by atoms with Crippen LogP contribution < -0.4 is 11.1 Å². The summed E-state index contributed by atoms with van der Waals surface area (Å²) < 4.78 is 0. The molecule has 3 N–H and O–H groups in total. The molecular formula is C13H35N3. The maximum Gasteiger partial charge on any atom is -0.00179 e. The highest BCUT2D eigenvalue weighted by Crippen LogP contribution is 1.81. The van der Waals surface area contributed by atoms with Crippen molar-refractivity contribution in [3.05, 3.63) is 0 Å². The minimum Gasteiger partial charge on any atom is -0.328 e. The number of nitrogens with two attached hydrogens (primary N) is 1. The average Bonchev–Trinajstić information content (AvgIpc) is 2.22. The Labute approximate surface area is 104 Å². The van der Waals surface area contributed by atoms with Crippen molar-refractivity contribution < 1.29 is 0 Å². The third-order valence-electron chi connectivity index (χ3n) is 1.84. The van der Waals surface area contributed by atoms with Gasteiger partial charge in [-0.2, -0.15) is 0 Å². The summed E-state index contributed by atoms with van der Waals surface area (Å²) in [6, 6.07) is 0.333. The second kappa shape index (κ2) is 20.3. The molecule has 0 unspecified atom stereocenters. The zero-order valence-electron chi connectivity index (χ0n) is 12.6. The lowest BCUT2D eigenvalue weighted by molar-refractivity contribution is 0.321. The normalized spacial score (nSPS) is 9.38. The van der Waals surface area contributed by atoms with Crippen LogP contribution in [0.3, 0.4) is 0 Å². The second-order valence-electron chi connectivity index (χ2n) is 3.82. The van der Waals surface area contributed by atoms with Crippen molar-refractivity contribution in [2.75, 3.05) is 32.7 Å². The molecule has 0 amide bonds. The van der Waals surface area contributed by atoms with Gasteiger partial charge in [-0.15, -0.1) is 0 Å². The van der Waals surface area contributed by atoms with Crippen molar-refractivity contribution in [1.29, 1.82) is 0 Å². The average molecular weight is 233 g/mol. The van der Waals surface area contributed by atoms with E-state index in [-0.39, 0.29) is 0 Å². The van der Waals surface area contributed by atoms with E-state index in [0.29, 0.717) is 6.04 Å². The van der Waals surface area contributed by atoms with Crippen molar-refractivity contribution in [3.63, 3.8) is 0 Å². The highest BCUT2D eigenvalue weighted by atomic mass is 15.1. The number of rotatable bonds is 5. The van der Waals surface area contributed by atoms with Gasteiger partial charge in [0.2, 0.25) is 0 Å². The summed E-state index contributed by atoms with van der Waals surface area (Å²) in [6.45, 7) is 20.4. The lowest BCUT2D eigenvalue weighted by atomic mass is 10.5. The van der Waals surface area contributed by atoms with Crippen LogP contribution in [0, 0.1) is 0 Å². The van der Waals surface area contributed by atoms with Crippen LogP contribution in [0.25, 0.3) is 0 Å². The molecular weight excluding hydrogens is 198 g/mol. The molecule has 102 valence electrons. The van der Waals surface area contributed by atoms with Crippen molar-refractivity contribution in [3.8, 4) is 0 Å². The maximum atomic E-state index is 5.11. The van der Waals surface area contributed by atoms with Gasteiger partial charge in [0, 0.05) is 0 Å². The summed E-state index contributed by atoms with van der Waals surface area (Å²) >= 11 is 0. The van der Waals surface area contributed by atoms with Crippen LogP contribution in [0.5, 0.6) is 0 Å². The van der Waals surface area contributed by atoms with E-state index in [1.165, 1.54) is 19.6 Å². The summed E-state index contributed by atoms with van der Waals surface area (Å²) in [5, 5.41) is 3.11. The molecule has 0 aliphatic carbocycles. The standard InChI is InChI=1S/C6H15N.C4H11N.C3H9N/c1-4-7(5-2)6-3;1-3-5-4-2;1-3(2)4/h4-6H2,1-3H3;5H,3-4H2,1-2H3;3H,4H2,1-2H3. The lowest BCUT2D eigenvalue weighted by Gasteiger charge is -2.13. The zero-order valence-corrected chi connectivity index (χ0v) is 12.6. The van der Waals surface area contributed by atoms with Crippen molar-refractivity contribution in [2.45, 2.75) is 54.5 Å². The quantitative estimate of drug-likeness (QED) is 0.766. The van der Waals surface area contributed by atoms with E-state index in [4.69, 9.17) is 5.73 Å². The van der Waals surface area contributed by atoms with E-state index < -0.39 is 0 Å². The fourth-order valence-corrected chi connectivity index (χ4v) is 0.921. The molecule has 3 nitrogen and oxygen atoms in total. The van der Waals surface area contributed by atoms with Crippen LogP contribution >= 0.6 is 0 Å².